The molecule has 1 fully saturated rings. The van der Waals surface area contributed by atoms with Gasteiger partial charge in [-0.25, -0.2) is 0 Å². The minimum Gasteiger partial charge on any atom is -0.393 e. The fourth-order valence-electron chi connectivity index (χ4n) is 2.30. The zero-order valence-corrected chi connectivity index (χ0v) is 11.2. The molecule has 0 aromatic heterocycles. The number of nitrogens with zero attached hydrogens (tertiary/aromatic N) is 1. The van der Waals surface area contributed by atoms with Crippen LogP contribution in [0, 0.1) is 16.0 Å². The van der Waals surface area contributed by atoms with Crippen LogP contribution in [0.4, 0.5) is 11.4 Å². The Balaban J connectivity index is 2.16. The van der Waals surface area contributed by atoms with E-state index in [9.17, 15) is 14.9 Å². The van der Waals surface area contributed by atoms with E-state index >= 15 is 0 Å². The van der Waals surface area contributed by atoms with Gasteiger partial charge in [0.05, 0.1) is 11.5 Å². The summed E-state index contributed by atoms with van der Waals surface area (Å²) in [7, 11) is 0. The van der Waals surface area contributed by atoms with Gasteiger partial charge in [0.15, 0.2) is 0 Å². The first-order valence-corrected chi connectivity index (χ1v) is 6.42. The van der Waals surface area contributed by atoms with E-state index < -0.39 is 10.8 Å². The predicted molar refractivity (Wildman–Crippen MR) is 73.4 cm³/mol. The number of ether oxygens (including phenoxy) is 1. The van der Waals surface area contributed by atoms with Gasteiger partial charge in [0.1, 0.15) is 11.3 Å². The predicted octanol–water partition coefficient (Wildman–Crippen LogP) is 1.33. The molecule has 1 aromatic carbocycles. The first-order chi connectivity index (χ1) is 9.50. The second-order valence-electron chi connectivity index (χ2n) is 4.89. The average molecular weight is 279 g/mol. The lowest BCUT2D eigenvalue weighted by atomic mass is 10.00. The molecule has 7 nitrogen and oxygen atoms in total. The van der Waals surface area contributed by atoms with E-state index in [4.69, 9.17) is 10.5 Å². The smallest absolute Gasteiger partial charge is 0.304 e. The van der Waals surface area contributed by atoms with Crippen LogP contribution in [0.1, 0.15) is 23.7 Å². The molecule has 0 aliphatic carbocycles. The monoisotopic (exact) mass is 279 g/mol. The molecular weight excluding hydrogens is 262 g/mol. The highest BCUT2D eigenvalue weighted by atomic mass is 16.6. The molecule has 1 aliphatic heterocycles. The van der Waals surface area contributed by atoms with Crippen molar-refractivity contribution < 1.29 is 14.5 Å². The van der Waals surface area contributed by atoms with Gasteiger partial charge in [0.25, 0.3) is 5.91 Å². The van der Waals surface area contributed by atoms with E-state index in [-0.39, 0.29) is 28.9 Å². The van der Waals surface area contributed by atoms with Crippen molar-refractivity contribution in [1.29, 1.82) is 0 Å². The van der Waals surface area contributed by atoms with Gasteiger partial charge in [0, 0.05) is 18.6 Å². The second kappa shape index (κ2) is 5.87. The molecule has 2 rings (SSSR count). The average Bonchev–Trinajstić information content (AvgIpc) is 2.91. The molecule has 2 atom stereocenters. The molecule has 7 heteroatoms. The number of amides is 1. The summed E-state index contributed by atoms with van der Waals surface area (Å²) < 4.78 is 5.27. The van der Waals surface area contributed by atoms with Gasteiger partial charge in [-0.3, -0.25) is 14.9 Å². The van der Waals surface area contributed by atoms with E-state index in [1.165, 1.54) is 18.2 Å². The number of nitrogens with one attached hydrogen (secondary N) is 1. The third-order valence-corrected chi connectivity index (χ3v) is 3.53. The van der Waals surface area contributed by atoms with Crippen LogP contribution in [-0.2, 0) is 4.74 Å². The van der Waals surface area contributed by atoms with Crippen LogP contribution in [-0.4, -0.2) is 30.1 Å². The zero-order valence-electron chi connectivity index (χ0n) is 11.2. The Morgan fingerprint density at radius 3 is 2.95 bits per heavy atom. The highest BCUT2D eigenvalue weighted by Gasteiger charge is 2.27. The van der Waals surface area contributed by atoms with Crippen molar-refractivity contribution in [3.05, 3.63) is 33.9 Å². The number of nitrogens with two attached hydrogens (primary N) is 1. The molecule has 0 spiro atoms. The van der Waals surface area contributed by atoms with Crippen LogP contribution in [0.25, 0.3) is 0 Å². The summed E-state index contributed by atoms with van der Waals surface area (Å²) in [4.78, 5) is 22.6. The molecule has 1 aromatic rings. The van der Waals surface area contributed by atoms with Crippen LogP contribution in [0.15, 0.2) is 18.2 Å². The van der Waals surface area contributed by atoms with Gasteiger partial charge in [-0.1, -0.05) is 6.07 Å². The van der Waals surface area contributed by atoms with Crippen molar-refractivity contribution in [1.82, 2.24) is 5.32 Å². The number of rotatable bonds is 4. The Morgan fingerprint density at radius 2 is 2.35 bits per heavy atom. The summed E-state index contributed by atoms with van der Waals surface area (Å²) >= 11 is 0. The van der Waals surface area contributed by atoms with Gasteiger partial charge in [-0.15, -0.1) is 0 Å². The number of nitro groups is 1. The summed E-state index contributed by atoms with van der Waals surface area (Å²) in [5.74, 6) is -0.248. The Kier molecular flexibility index (Phi) is 4.19. The summed E-state index contributed by atoms with van der Waals surface area (Å²) in [6.07, 6.45) is 0.875. The zero-order chi connectivity index (χ0) is 14.7. The lowest BCUT2D eigenvalue weighted by molar-refractivity contribution is -0.384. The minimum absolute atomic E-state index is 0.0132. The maximum atomic E-state index is 12.2. The van der Waals surface area contributed by atoms with Crippen molar-refractivity contribution in [3.8, 4) is 0 Å². The van der Waals surface area contributed by atoms with Gasteiger partial charge in [0.2, 0.25) is 0 Å². The standard InChI is InChI=1S/C13H17N3O4/c1-8(9-5-6-20-7-9)15-13(17)10-3-2-4-11(14)12(10)16(18)19/h2-4,8-9H,5-7,14H2,1H3,(H,15,17). The molecule has 2 unspecified atom stereocenters. The highest BCUT2D eigenvalue weighted by Crippen LogP contribution is 2.26. The number of hydrogen-bond acceptors (Lipinski definition) is 5. The molecule has 0 bridgehead atoms. The molecular formula is C13H17N3O4. The van der Waals surface area contributed by atoms with E-state index in [1.54, 1.807) is 0 Å². The molecule has 1 heterocycles. The second-order valence-corrected chi connectivity index (χ2v) is 4.89. The number of nitro benzene ring substituents is 1. The number of carbonyl (C=O) groups is 1. The largest absolute Gasteiger partial charge is 0.393 e. The SMILES string of the molecule is CC(NC(=O)c1cccc(N)c1[N+](=O)[O-])C1CCOC1. The van der Waals surface area contributed by atoms with Crippen LogP contribution >= 0.6 is 0 Å². The van der Waals surface area contributed by atoms with Gasteiger partial charge in [-0.05, 0) is 25.5 Å². The van der Waals surface area contributed by atoms with Crippen molar-refractivity contribution in [3.63, 3.8) is 0 Å². The van der Waals surface area contributed by atoms with Crippen molar-refractivity contribution >= 4 is 17.3 Å². The topological polar surface area (TPSA) is 107 Å². The first kappa shape index (κ1) is 14.3. The van der Waals surface area contributed by atoms with Gasteiger partial charge >= 0.3 is 5.69 Å². The fourth-order valence-corrected chi connectivity index (χ4v) is 2.30. The lowest BCUT2D eigenvalue weighted by Crippen LogP contribution is -2.38. The number of carbonyl (C=O) groups excluding carboxylic acids is 1. The van der Waals surface area contributed by atoms with Crippen LogP contribution < -0.4 is 11.1 Å². The molecule has 0 radical (unpaired) electrons. The molecule has 108 valence electrons. The molecule has 1 saturated heterocycles. The van der Waals surface area contributed by atoms with E-state index in [0.29, 0.717) is 13.2 Å². The number of benzene rings is 1. The number of nitrogen functional groups attached to an aromatic ring is 1. The third-order valence-electron chi connectivity index (χ3n) is 3.53. The van der Waals surface area contributed by atoms with E-state index in [1.807, 2.05) is 6.92 Å². The van der Waals surface area contributed by atoms with Crippen LogP contribution in [0.2, 0.25) is 0 Å². The number of para-hydroxylation sites is 1. The molecule has 3 N–H and O–H groups in total. The van der Waals surface area contributed by atoms with E-state index in [0.717, 1.165) is 6.42 Å². The summed E-state index contributed by atoms with van der Waals surface area (Å²) in [6, 6.07) is 4.23. The summed E-state index contributed by atoms with van der Waals surface area (Å²) in [5, 5.41) is 13.8. The first-order valence-electron chi connectivity index (χ1n) is 6.42. The molecule has 1 aliphatic rings. The third kappa shape index (κ3) is 2.88. The molecule has 0 saturated carbocycles. The molecule has 20 heavy (non-hydrogen) atoms. The number of anilines is 1. The summed E-state index contributed by atoms with van der Waals surface area (Å²) in [5.41, 5.74) is 5.20. The fraction of sp³-hybridized carbons (Fsp3) is 0.462. The van der Waals surface area contributed by atoms with Crippen LogP contribution in [0.5, 0.6) is 0 Å². The van der Waals surface area contributed by atoms with Gasteiger partial charge < -0.3 is 15.8 Å². The maximum Gasteiger partial charge on any atom is 0.304 e. The van der Waals surface area contributed by atoms with Crippen molar-refractivity contribution in [2.75, 3.05) is 18.9 Å². The van der Waals surface area contributed by atoms with E-state index in [2.05, 4.69) is 5.32 Å². The lowest BCUT2D eigenvalue weighted by Gasteiger charge is -2.19. The van der Waals surface area contributed by atoms with Crippen molar-refractivity contribution in [2.24, 2.45) is 5.92 Å². The summed E-state index contributed by atoms with van der Waals surface area (Å²) in [6.45, 7) is 3.15. The highest BCUT2D eigenvalue weighted by molar-refractivity contribution is 6.00. The Bertz CT molecular complexity index is 526. The number of hydrogen-bond donors (Lipinski definition) is 2. The molecule has 1 amide bonds. The maximum absolute atomic E-state index is 12.2. The Morgan fingerprint density at radius 1 is 1.60 bits per heavy atom. The normalized spacial score (nSPS) is 19.6. The van der Waals surface area contributed by atoms with Crippen LogP contribution in [0.3, 0.4) is 0 Å². The minimum atomic E-state index is -0.631. The van der Waals surface area contributed by atoms with Gasteiger partial charge in [-0.2, -0.15) is 0 Å². The van der Waals surface area contributed by atoms with Crippen molar-refractivity contribution in [2.45, 2.75) is 19.4 Å². The quantitative estimate of drug-likeness (QED) is 0.491. The Labute approximate surface area is 116 Å². The Hall–Kier alpha value is -2.15.